The molecule has 2 heterocycles. The second-order valence-corrected chi connectivity index (χ2v) is 18.2. The van der Waals surface area contributed by atoms with Gasteiger partial charge in [-0.05, 0) is 117 Å². The van der Waals surface area contributed by atoms with E-state index in [0.717, 1.165) is 51.4 Å². The highest BCUT2D eigenvalue weighted by atomic mass is 16.5. The molecule has 5 aliphatic rings. The topological polar surface area (TPSA) is 133 Å². The van der Waals surface area contributed by atoms with Gasteiger partial charge in [-0.3, -0.25) is 9.59 Å². The van der Waals surface area contributed by atoms with Crippen molar-refractivity contribution in [3.8, 4) is 0 Å². The van der Waals surface area contributed by atoms with E-state index in [9.17, 15) is 14.7 Å². The van der Waals surface area contributed by atoms with Gasteiger partial charge in [0, 0.05) is 5.92 Å². The third-order valence-corrected chi connectivity index (χ3v) is 15.2. The van der Waals surface area contributed by atoms with E-state index in [4.69, 9.17) is 10.5 Å². The van der Waals surface area contributed by atoms with Gasteiger partial charge in [-0.1, -0.05) is 47.1 Å². The molecular weight excluding hydrogens is 590 g/mol. The first-order valence-corrected chi connectivity index (χ1v) is 18.0. The molecule has 0 saturated heterocycles. The lowest BCUT2D eigenvalue weighted by Gasteiger charge is -2.70. The van der Waals surface area contributed by atoms with Crippen molar-refractivity contribution in [3.05, 3.63) is 24.3 Å². The number of ether oxygens (including phenoxy) is 1. The van der Waals surface area contributed by atoms with E-state index in [1.54, 1.807) is 6.33 Å². The number of ketones is 1. The molecule has 2 aromatic heterocycles. The molecule has 0 radical (unpaired) electrons. The lowest BCUT2D eigenvalue weighted by molar-refractivity contribution is -0.202. The minimum absolute atomic E-state index is 0.0492. The summed E-state index contributed by atoms with van der Waals surface area (Å²) in [6.45, 7) is 18.5. The van der Waals surface area contributed by atoms with Crippen LogP contribution >= 0.6 is 0 Å². The largest absolute Gasteiger partial charge is 0.460 e. The third-order valence-electron chi connectivity index (χ3n) is 15.2. The van der Waals surface area contributed by atoms with Crippen LogP contribution in [0, 0.1) is 50.2 Å². The predicted octanol–water partition coefficient (Wildman–Crippen LogP) is 6.68. The van der Waals surface area contributed by atoms with Crippen LogP contribution < -0.4 is 5.73 Å². The molecule has 1 unspecified atom stereocenters. The van der Waals surface area contributed by atoms with Gasteiger partial charge >= 0.3 is 5.97 Å². The molecule has 2 aromatic rings. The van der Waals surface area contributed by atoms with E-state index in [0.29, 0.717) is 35.9 Å². The first-order chi connectivity index (χ1) is 21.9. The summed E-state index contributed by atoms with van der Waals surface area (Å²) in [5.41, 5.74) is 7.21. The SMILES string of the molecule is CC(Cn1cnc2c(N)ncnc21)OC(=O)[C@@]1(C)CC[C@]2(C)CC[C@]3(C)C(=CC(=O)[C@@H]4[C@@]5(C)CC[C@H](O)C(C)(C)[C@@H]5CC[C@]43C)[C@@H]2C1. The van der Waals surface area contributed by atoms with Crippen LogP contribution in [0.5, 0.6) is 0 Å². The molecule has 9 heteroatoms. The average Bonchev–Trinajstić information content (AvgIpc) is 3.40. The van der Waals surface area contributed by atoms with Crippen LogP contribution in [0.3, 0.4) is 0 Å². The molecular formula is C38H55N5O4. The summed E-state index contributed by atoms with van der Waals surface area (Å²) >= 11 is 0. The maximum absolute atomic E-state index is 14.6. The number of hydrogen-bond donors (Lipinski definition) is 2. The molecule has 10 atom stereocenters. The number of nitrogen functional groups attached to an aromatic ring is 1. The van der Waals surface area contributed by atoms with Crippen molar-refractivity contribution in [3.63, 3.8) is 0 Å². The van der Waals surface area contributed by atoms with Crippen molar-refractivity contribution in [2.75, 3.05) is 5.73 Å². The van der Waals surface area contributed by atoms with Gasteiger partial charge in [0.25, 0.3) is 0 Å². The number of aromatic nitrogens is 4. The molecule has 4 fully saturated rings. The summed E-state index contributed by atoms with van der Waals surface area (Å²) < 4.78 is 8.04. The molecule has 3 N–H and O–H groups in total. The number of carbonyl (C=O) groups excluding carboxylic acids is 2. The highest BCUT2D eigenvalue weighted by molar-refractivity contribution is 5.95. The van der Waals surface area contributed by atoms with E-state index in [1.165, 1.54) is 11.9 Å². The summed E-state index contributed by atoms with van der Waals surface area (Å²) in [7, 11) is 0. The monoisotopic (exact) mass is 645 g/mol. The summed E-state index contributed by atoms with van der Waals surface area (Å²) in [5, 5.41) is 11.0. The van der Waals surface area contributed by atoms with Crippen molar-refractivity contribution in [2.24, 2.45) is 50.2 Å². The third kappa shape index (κ3) is 4.46. The number of anilines is 1. The molecule has 47 heavy (non-hydrogen) atoms. The van der Waals surface area contributed by atoms with Gasteiger partial charge in [-0.15, -0.1) is 0 Å². The number of allylic oxidation sites excluding steroid dienone is 2. The fraction of sp³-hybridized carbons (Fsp3) is 0.763. The van der Waals surface area contributed by atoms with Crippen LogP contribution in [0.1, 0.15) is 113 Å². The number of nitrogens with zero attached hydrogens (tertiary/aromatic N) is 4. The Morgan fingerprint density at radius 1 is 1.02 bits per heavy atom. The summed E-state index contributed by atoms with van der Waals surface area (Å²) in [6, 6.07) is 0. The smallest absolute Gasteiger partial charge is 0.312 e. The van der Waals surface area contributed by atoms with E-state index in [-0.39, 0.29) is 62.9 Å². The van der Waals surface area contributed by atoms with Crippen LogP contribution in [0.15, 0.2) is 24.3 Å². The normalized spacial score (nSPS) is 43.2. The van der Waals surface area contributed by atoms with Crippen LogP contribution in [-0.4, -0.2) is 48.6 Å². The van der Waals surface area contributed by atoms with E-state index in [2.05, 4.69) is 69.5 Å². The van der Waals surface area contributed by atoms with Crippen molar-refractivity contribution in [2.45, 2.75) is 132 Å². The first-order valence-electron chi connectivity index (χ1n) is 18.0. The molecule has 0 bridgehead atoms. The van der Waals surface area contributed by atoms with Crippen molar-refractivity contribution < 1.29 is 19.4 Å². The van der Waals surface area contributed by atoms with E-state index < -0.39 is 5.41 Å². The number of hydrogen-bond acceptors (Lipinski definition) is 8. The quantitative estimate of drug-likeness (QED) is 0.352. The first kappa shape index (κ1) is 32.7. The van der Waals surface area contributed by atoms with Gasteiger partial charge in [-0.25, -0.2) is 15.0 Å². The number of imidazole rings is 1. The Labute approximate surface area is 279 Å². The molecule has 0 amide bonds. The second kappa shape index (κ2) is 10.3. The Bertz CT molecular complexity index is 1670. The maximum atomic E-state index is 14.6. The average molecular weight is 646 g/mol. The Balaban J connectivity index is 1.16. The second-order valence-electron chi connectivity index (χ2n) is 18.2. The highest BCUT2D eigenvalue weighted by Crippen LogP contribution is 2.75. The standard InChI is InChI=1S/C38H55N5O4/c1-22(19-43-21-42-28-30(39)40-20-41-31(28)43)47-32(46)35(5)14-13-34(4)15-16-37(7)23(24(34)18-35)17-25(44)29-36(6)11-10-27(45)33(2,3)26(36)9-12-38(29,37)8/h17,20-22,24,26-27,29,45H,9-16,18-19H2,1-8H3,(H2,39,40,41)/t22?,24-,26-,27-,29+,34+,35-,36-,37+,38+/m0/s1. The molecule has 0 spiro atoms. The molecule has 256 valence electrons. The number of aliphatic hydroxyl groups excluding tert-OH is 1. The number of nitrogens with two attached hydrogens (primary N) is 1. The summed E-state index contributed by atoms with van der Waals surface area (Å²) in [6.07, 6.45) is 12.7. The zero-order valence-corrected chi connectivity index (χ0v) is 29.7. The number of rotatable bonds is 4. The van der Waals surface area contributed by atoms with Gasteiger partial charge in [0.05, 0.1) is 24.4 Å². The Morgan fingerprint density at radius 3 is 2.49 bits per heavy atom. The van der Waals surface area contributed by atoms with E-state index in [1.807, 2.05) is 11.5 Å². The van der Waals surface area contributed by atoms with Crippen LogP contribution in [0.25, 0.3) is 11.2 Å². The Hall–Kier alpha value is -2.81. The van der Waals surface area contributed by atoms with Crippen molar-refractivity contribution in [1.29, 1.82) is 0 Å². The Morgan fingerprint density at radius 2 is 1.74 bits per heavy atom. The number of carbonyl (C=O) groups is 2. The van der Waals surface area contributed by atoms with Gasteiger partial charge in [-0.2, -0.15) is 0 Å². The zero-order valence-electron chi connectivity index (χ0n) is 29.7. The van der Waals surface area contributed by atoms with Crippen molar-refractivity contribution >= 4 is 28.7 Å². The number of fused-ring (bicyclic) bond motifs is 8. The van der Waals surface area contributed by atoms with Crippen LogP contribution in [0.4, 0.5) is 5.82 Å². The molecule has 7 rings (SSSR count). The maximum Gasteiger partial charge on any atom is 0.312 e. The summed E-state index contributed by atoms with van der Waals surface area (Å²) in [5.74, 6) is 0.851. The molecule has 5 aliphatic carbocycles. The van der Waals surface area contributed by atoms with Gasteiger partial charge in [0.2, 0.25) is 0 Å². The predicted molar refractivity (Wildman–Crippen MR) is 181 cm³/mol. The van der Waals surface area contributed by atoms with Gasteiger partial charge < -0.3 is 20.1 Å². The molecule has 0 aliphatic heterocycles. The lowest BCUT2D eigenvalue weighted by Crippen LogP contribution is -2.66. The molecule has 4 saturated carbocycles. The fourth-order valence-electron chi connectivity index (χ4n) is 12.0. The minimum Gasteiger partial charge on any atom is -0.460 e. The van der Waals surface area contributed by atoms with E-state index >= 15 is 0 Å². The molecule has 9 nitrogen and oxygen atoms in total. The molecule has 0 aromatic carbocycles. The highest BCUT2D eigenvalue weighted by Gasteiger charge is 2.70. The van der Waals surface area contributed by atoms with Gasteiger partial charge in [0.1, 0.15) is 17.9 Å². The summed E-state index contributed by atoms with van der Waals surface area (Å²) in [4.78, 5) is 41.4. The minimum atomic E-state index is -0.644. The zero-order chi connectivity index (χ0) is 33.9. The Kier molecular flexibility index (Phi) is 7.21. The fourth-order valence-corrected chi connectivity index (χ4v) is 12.0. The van der Waals surface area contributed by atoms with Crippen LogP contribution in [0.2, 0.25) is 0 Å². The van der Waals surface area contributed by atoms with Gasteiger partial charge in [0.15, 0.2) is 17.2 Å². The lowest BCUT2D eigenvalue weighted by atomic mass is 9.33. The van der Waals surface area contributed by atoms with Crippen LogP contribution in [-0.2, 0) is 20.9 Å². The number of aliphatic hydroxyl groups is 1. The number of esters is 1. The van der Waals surface area contributed by atoms with Crippen molar-refractivity contribution in [1.82, 2.24) is 19.5 Å².